The van der Waals surface area contributed by atoms with Crippen molar-refractivity contribution in [1.29, 1.82) is 0 Å². The van der Waals surface area contributed by atoms with Gasteiger partial charge in [0.25, 0.3) is 0 Å². The molecule has 0 saturated carbocycles. The van der Waals surface area contributed by atoms with Crippen molar-refractivity contribution in [3.8, 4) is 0 Å². The molecule has 0 aliphatic rings. The van der Waals surface area contributed by atoms with Crippen molar-refractivity contribution < 1.29 is 28.6 Å². The van der Waals surface area contributed by atoms with E-state index in [1.54, 1.807) is 0 Å². The molecule has 0 aliphatic carbocycles. The van der Waals surface area contributed by atoms with Gasteiger partial charge in [-0.3, -0.25) is 14.4 Å². The monoisotopic (exact) mass is 911 g/mol. The van der Waals surface area contributed by atoms with Crippen LogP contribution in [0.2, 0.25) is 0 Å². The number of ether oxygens (including phenoxy) is 3. The lowest BCUT2D eigenvalue weighted by atomic mass is 10.0. The van der Waals surface area contributed by atoms with Crippen molar-refractivity contribution in [2.45, 2.75) is 297 Å². The zero-order valence-electron chi connectivity index (χ0n) is 43.3. The minimum Gasteiger partial charge on any atom is -0.462 e. The third-order valence-electron chi connectivity index (χ3n) is 12.3. The molecule has 0 heterocycles. The first-order valence-electron chi connectivity index (χ1n) is 28.1. The van der Waals surface area contributed by atoms with Crippen LogP contribution in [-0.4, -0.2) is 37.2 Å². The zero-order chi connectivity index (χ0) is 47.2. The molecule has 6 nitrogen and oxygen atoms in total. The van der Waals surface area contributed by atoms with Crippen LogP contribution in [0.4, 0.5) is 0 Å². The second-order valence-electron chi connectivity index (χ2n) is 18.8. The van der Waals surface area contributed by atoms with Crippen molar-refractivity contribution in [2.24, 2.45) is 0 Å². The fourth-order valence-electron chi connectivity index (χ4n) is 8.04. The molecular formula is C59H106O6. The van der Waals surface area contributed by atoms with E-state index >= 15 is 0 Å². The predicted molar refractivity (Wildman–Crippen MR) is 279 cm³/mol. The molecule has 65 heavy (non-hydrogen) atoms. The van der Waals surface area contributed by atoms with Crippen LogP contribution in [0.3, 0.4) is 0 Å². The molecule has 0 aromatic heterocycles. The summed E-state index contributed by atoms with van der Waals surface area (Å²) < 4.78 is 16.8. The number of esters is 3. The standard InChI is InChI=1S/C59H106O6/c1-4-7-10-13-16-19-22-25-28-30-32-34-37-40-43-46-49-52-58(61)64-55-56(54-63-57(60)51-48-45-42-39-36-33-27-24-21-18-15-12-9-6-3)65-59(62)53-50-47-44-41-38-35-31-29-26-23-20-17-14-11-8-5-2/h25,28,32-34,36,40,43,56H,4-24,26-27,29-31,35,37-39,41-42,44-55H2,1-3H3/b28-25-,34-32-,36-33-,43-40-. The Morgan fingerprint density at radius 3 is 0.954 bits per heavy atom. The Hall–Kier alpha value is -2.63. The number of unbranched alkanes of at least 4 members (excludes halogenated alkanes) is 32. The summed E-state index contributed by atoms with van der Waals surface area (Å²) in [6.07, 6.45) is 65.3. The number of carbonyl (C=O) groups is 3. The Morgan fingerprint density at radius 1 is 0.308 bits per heavy atom. The Bertz CT molecular complexity index is 1140. The van der Waals surface area contributed by atoms with E-state index in [0.717, 1.165) is 70.6 Å². The molecule has 0 aromatic carbocycles. The maximum Gasteiger partial charge on any atom is 0.306 e. The molecule has 0 fully saturated rings. The van der Waals surface area contributed by atoms with Crippen molar-refractivity contribution in [3.63, 3.8) is 0 Å². The van der Waals surface area contributed by atoms with E-state index < -0.39 is 6.10 Å². The molecule has 1 unspecified atom stereocenters. The second kappa shape index (κ2) is 54.0. The molecule has 0 aliphatic heterocycles. The SMILES string of the molecule is CCCCCCCC/C=C\C/C=C\C/C=C\CCCC(=O)OCC(COC(=O)CCCCC/C=C\CCCCCCCCC)OC(=O)CCCCCCCCCCCCCCCCCC. The van der Waals surface area contributed by atoms with Gasteiger partial charge in [-0.1, -0.05) is 243 Å². The van der Waals surface area contributed by atoms with Crippen molar-refractivity contribution >= 4 is 17.9 Å². The van der Waals surface area contributed by atoms with Crippen molar-refractivity contribution in [2.75, 3.05) is 13.2 Å². The largest absolute Gasteiger partial charge is 0.462 e. The highest BCUT2D eigenvalue weighted by atomic mass is 16.6. The number of hydrogen-bond donors (Lipinski definition) is 0. The molecular weight excluding hydrogens is 805 g/mol. The maximum absolute atomic E-state index is 12.8. The van der Waals surface area contributed by atoms with Gasteiger partial charge < -0.3 is 14.2 Å². The average Bonchev–Trinajstić information content (AvgIpc) is 3.30. The van der Waals surface area contributed by atoms with Gasteiger partial charge in [-0.05, 0) is 77.0 Å². The lowest BCUT2D eigenvalue weighted by Gasteiger charge is -2.18. The molecule has 0 amide bonds. The van der Waals surface area contributed by atoms with Gasteiger partial charge in [-0.2, -0.15) is 0 Å². The van der Waals surface area contributed by atoms with E-state index in [-0.39, 0.29) is 37.5 Å². The molecule has 0 radical (unpaired) electrons. The molecule has 1 atom stereocenters. The zero-order valence-corrected chi connectivity index (χ0v) is 43.3. The van der Waals surface area contributed by atoms with Gasteiger partial charge in [-0.25, -0.2) is 0 Å². The van der Waals surface area contributed by atoms with E-state index in [1.807, 2.05) is 0 Å². The summed E-state index contributed by atoms with van der Waals surface area (Å²) in [6, 6.07) is 0. The number of hydrogen-bond acceptors (Lipinski definition) is 6. The predicted octanol–water partition coefficient (Wildman–Crippen LogP) is 18.7. The van der Waals surface area contributed by atoms with Crippen LogP contribution in [-0.2, 0) is 28.6 Å². The Morgan fingerprint density at radius 2 is 0.569 bits per heavy atom. The number of carbonyl (C=O) groups excluding carboxylic acids is 3. The minimum absolute atomic E-state index is 0.0939. The summed E-state index contributed by atoms with van der Waals surface area (Å²) in [4.78, 5) is 38.1. The van der Waals surface area contributed by atoms with E-state index in [1.165, 1.54) is 173 Å². The summed E-state index contributed by atoms with van der Waals surface area (Å²) >= 11 is 0. The smallest absolute Gasteiger partial charge is 0.306 e. The highest BCUT2D eigenvalue weighted by Crippen LogP contribution is 2.16. The third-order valence-corrected chi connectivity index (χ3v) is 12.3. The summed E-state index contributed by atoms with van der Waals surface area (Å²) in [5, 5.41) is 0. The number of rotatable bonds is 51. The molecule has 0 saturated heterocycles. The van der Waals surface area contributed by atoms with Crippen LogP contribution in [0, 0.1) is 0 Å². The molecule has 0 rings (SSSR count). The van der Waals surface area contributed by atoms with Crippen LogP contribution < -0.4 is 0 Å². The first-order chi connectivity index (χ1) is 32.0. The Kier molecular flexibility index (Phi) is 51.8. The van der Waals surface area contributed by atoms with Crippen LogP contribution in [0.5, 0.6) is 0 Å². The van der Waals surface area contributed by atoms with Gasteiger partial charge in [0, 0.05) is 19.3 Å². The van der Waals surface area contributed by atoms with E-state index in [2.05, 4.69) is 69.4 Å². The van der Waals surface area contributed by atoms with Gasteiger partial charge in [0.1, 0.15) is 13.2 Å². The highest BCUT2D eigenvalue weighted by molar-refractivity contribution is 5.71. The fourth-order valence-corrected chi connectivity index (χ4v) is 8.04. The summed E-state index contributed by atoms with van der Waals surface area (Å²) in [6.45, 7) is 6.60. The maximum atomic E-state index is 12.8. The van der Waals surface area contributed by atoms with Gasteiger partial charge >= 0.3 is 17.9 Å². The number of allylic oxidation sites excluding steroid dienone is 8. The van der Waals surface area contributed by atoms with Crippen LogP contribution in [0.15, 0.2) is 48.6 Å². The first-order valence-corrected chi connectivity index (χ1v) is 28.1. The van der Waals surface area contributed by atoms with Gasteiger partial charge in [0.2, 0.25) is 0 Å². The lowest BCUT2D eigenvalue weighted by molar-refractivity contribution is -0.167. The normalized spacial score (nSPS) is 12.4. The lowest BCUT2D eigenvalue weighted by Crippen LogP contribution is -2.30. The molecule has 0 bridgehead atoms. The summed E-state index contributed by atoms with van der Waals surface area (Å²) in [5.41, 5.74) is 0. The quantitative estimate of drug-likeness (QED) is 0.0262. The van der Waals surface area contributed by atoms with E-state index in [9.17, 15) is 14.4 Å². The molecule has 6 heteroatoms. The van der Waals surface area contributed by atoms with Crippen LogP contribution in [0.25, 0.3) is 0 Å². The van der Waals surface area contributed by atoms with Crippen LogP contribution in [0.1, 0.15) is 290 Å². The average molecular weight is 911 g/mol. The molecule has 378 valence electrons. The van der Waals surface area contributed by atoms with Crippen LogP contribution >= 0.6 is 0 Å². The summed E-state index contributed by atoms with van der Waals surface area (Å²) in [7, 11) is 0. The van der Waals surface area contributed by atoms with E-state index in [0.29, 0.717) is 19.3 Å². The summed E-state index contributed by atoms with van der Waals surface area (Å²) in [5.74, 6) is -0.949. The van der Waals surface area contributed by atoms with Gasteiger partial charge in [-0.15, -0.1) is 0 Å². The van der Waals surface area contributed by atoms with Crippen molar-refractivity contribution in [1.82, 2.24) is 0 Å². The first kappa shape index (κ1) is 62.4. The van der Waals surface area contributed by atoms with E-state index in [4.69, 9.17) is 14.2 Å². The molecule has 0 spiro atoms. The third kappa shape index (κ3) is 52.2. The van der Waals surface area contributed by atoms with Crippen molar-refractivity contribution in [3.05, 3.63) is 48.6 Å². The second-order valence-corrected chi connectivity index (χ2v) is 18.8. The Labute approximate surface area is 403 Å². The minimum atomic E-state index is -0.796. The van der Waals surface area contributed by atoms with Gasteiger partial charge in [0.15, 0.2) is 6.10 Å². The fraction of sp³-hybridized carbons (Fsp3) is 0.814. The highest BCUT2D eigenvalue weighted by Gasteiger charge is 2.19. The Balaban J connectivity index is 4.44. The van der Waals surface area contributed by atoms with Gasteiger partial charge in [0.05, 0.1) is 0 Å². The topological polar surface area (TPSA) is 78.9 Å². The molecule has 0 aromatic rings. The molecule has 0 N–H and O–H groups in total.